The molecule has 0 unspecified atom stereocenters. The molecule has 0 saturated heterocycles. The van der Waals surface area contributed by atoms with Gasteiger partial charge in [-0.2, -0.15) is 5.10 Å². The number of hydrogen-bond acceptors (Lipinski definition) is 3. The first kappa shape index (κ1) is 14.1. The van der Waals surface area contributed by atoms with Crippen LogP contribution >= 0.6 is 0 Å². The van der Waals surface area contributed by atoms with Crippen molar-refractivity contribution in [2.75, 3.05) is 7.11 Å². The molecule has 2 aromatic rings. The SMILES string of the molecule is COc1ccc(C(C)(C)NC(=O)c2ccnn2C)cc1. The van der Waals surface area contributed by atoms with Crippen molar-refractivity contribution in [3.63, 3.8) is 0 Å². The Morgan fingerprint density at radius 3 is 2.40 bits per heavy atom. The number of benzene rings is 1. The summed E-state index contributed by atoms with van der Waals surface area (Å²) >= 11 is 0. The van der Waals surface area contributed by atoms with Crippen LogP contribution in [0, 0.1) is 0 Å². The van der Waals surface area contributed by atoms with Crippen LogP contribution in [0.1, 0.15) is 29.9 Å². The second-order valence-corrected chi connectivity index (χ2v) is 5.15. The first-order chi connectivity index (χ1) is 9.44. The van der Waals surface area contributed by atoms with Gasteiger partial charge in [-0.05, 0) is 37.6 Å². The van der Waals surface area contributed by atoms with E-state index in [1.54, 1.807) is 31.1 Å². The summed E-state index contributed by atoms with van der Waals surface area (Å²) in [5.74, 6) is 0.647. The van der Waals surface area contributed by atoms with Gasteiger partial charge in [-0.15, -0.1) is 0 Å². The van der Waals surface area contributed by atoms with Crippen LogP contribution in [0.5, 0.6) is 5.75 Å². The molecule has 1 aromatic heterocycles. The number of carbonyl (C=O) groups excluding carboxylic acids is 1. The third-order valence-electron chi connectivity index (χ3n) is 3.29. The van der Waals surface area contributed by atoms with Gasteiger partial charge in [-0.3, -0.25) is 9.48 Å². The summed E-state index contributed by atoms with van der Waals surface area (Å²) in [5, 5.41) is 7.02. The van der Waals surface area contributed by atoms with Crippen molar-refractivity contribution >= 4 is 5.91 Å². The number of ether oxygens (including phenoxy) is 1. The lowest BCUT2D eigenvalue weighted by molar-refractivity contribution is 0.0902. The Labute approximate surface area is 118 Å². The molecule has 0 fully saturated rings. The Balaban J connectivity index is 2.17. The van der Waals surface area contributed by atoms with Gasteiger partial charge >= 0.3 is 0 Å². The molecule has 0 saturated carbocycles. The van der Waals surface area contributed by atoms with E-state index in [1.807, 2.05) is 38.1 Å². The lowest BCUT2D eigenvalue weighted by Crippen LogP contribution is -2.41. The van der Waals surface area contributed by atoms with Gasteiger partial charge in [0.05, 0.1) is 12.6 Å². The number of rotatable bonds is 4. The van der Waals surface area contributed by atoms with Crippen molar-refractivity contribution in [3.8, 4) is 5.75 Å². The van der Waals surface area contributed by atoms with Crippen molar-refractivity contribution in [3.05, 3.63) is 47.8 Å². The van der Waals surface area contributed by atoms with Crippen LogP contribution in [-0.4, -0.2) is 22.8 Å². The molecular formula is C15H19N3O2. The number of carbonyl (C=O) groups is 1. The summed E-state index contributed by atoms with van der Waals surface area (Å²) in [5.41, 5.74) is 1.06. The third kappa shape index (κ3) is 2.82. The molecule has 0 spiro atoms. The lowest BCUT2D eigenvalue weighted by atomic mass is 9.94. The largest absolute Gasteiger partial charge is 0.497 e. The zero-order valence-electron chi connectivity index (χ0n) is 12.2. The van der Waals surface area contributed by atoms with E-state index < -0.39 is 5.54 Å². The number of hydrogen-bond donors (Lipinski definition) is 1. The van der Waals surface area contributed by atoms with E-state index in [9.17, 15) is 4.79 Å². The molecule has 1 N–H and O–H groups in total. The number of nitrogens with one attached hydrogen (secondary N) is 1. The summed E-state index contributed by atoms with van der Waals surface area (Å²) in [4.78, 5) is 12.2. The summed E-state index contributed by atoms with van der Waals surface area (Å²) in [6.45, 7) is 3.92. The zero-order valence-corrected chi connectivity index (χ0v) is 12.2. The molecule has 106 valence electrons. The predicted molar refractivity (Wildman–Crippen MR) is 76.7 cm³/mol. The van der Waals surface area contributed by atoms with Gasteiger partial charge in [0.2, 0.25) is 0 Å². The first-order valence-electron chi connectivity index (χ1n) is 6.39. The van der Waals surface area contributed by atoms with E-state index in [1.165, 1.54) is 0 Å². The Morgan fingerprint density at radius 1 is 1.25 bits per heavy atom. The standard InChI is InChI=1S/C15H19N3O2/c1-15(2,11-5-7-12(20-4)8-6-11)17-14(19)13-9-10-16-18(13)3/h5-10H,1-4H3,(H,17,19). The normalized spacial score (nSPS) is 11.2. The molecule has 2 rings (SSSR count). The fourth-order valence-corrected chi connectivity index (χ4v) is 2.02. The van der Waals surface area contributed by atoms with Crippen molar-refractivity contribution < 1.29 is 9.53 Å². The van der Waals surface area contributed by atoms with Gasteiger partial charge in [0, 0.05) is 13.2 Å². The molecule has 1 heterocycles. The second-order valence-electron chi connectivity index (χ2n) is 5.15. The predicted octanol–water partition coefficient (Wildman–Crippen LogP) is 2.09. The summed E-state index contributed by atoms with van der Waals surface area (Å²) in [6.07, 6.45) is 1.61. The Morgan fingerprint density at radius 2 is 1.90 bits per heavy atom. The van der Waals surface area contributed by atoms with Crippen LogP contribution in [-0.2, 0) is 12.6 Å². The molecular weight excluding hydrogens is 254 g/mol. The van der Waals surface area contributed by atoms with E-state index in [-0.39, 0.29) is 5.91 Å². The van der Waals surface area contributed by atoms with Crippen LogP contribution in [0.15, 0.2) is 36.5 Å². The van der Waals surface area contributed by atoms with Gasteiger partial charge in [-0.1, -0.05) is 12.1 Å². The van der Waals surface area contributed by atoms with Gasteiger partial charge in [0.25, 0.3) is 5.91 Å². The highest BCUT2D eigenvalue weighted by Gasteiger charge is 2.24. The molecule has 0 aliphatic heterocycles. The van der Waals surface area contributed by atoms with Crippen LogP contribution in [0.25, 0.3) is 0 Å². The molecule has 0 aliphatic carbocycles. The van der Waals surface area contributed by atoms with E-state index in [2.05, 4.69) is 10.4 Å². The monoisotopic (exact) mass is 273 g/mol. The second kappa shape index (κ2) is 5.36. The Hall–Kier alpha value is -2.30. The number of methoxy groups -OCH3 is 1. The molecule has 20 heavy (non-hydrogen) atoms. The van der Waals surface area contributed by atoms with Crippen molar-refractivity contribution in [1.82, 2.24) is 15.1 Å². The molecule has 5 heteroatoms. The van der Waals surface area contributed by atoms with E-state index >= 15 is 0 Å². The van der Waals surface area contributed by atoms with Crippen LogP contribution in [0.2, 0.25) is 0 Å². The number of nitrogens with zero attached hydrogens (tertiary/aromatic N) is 2. The van der Waals surface area contributed by atoms with Gasteiger partial charge in [0.15, 0.2) is 0 Å². The fraction of sp³-hybridized carbons (Fsp3) is 0.333. The maximum absolute atomic E-state index is 12.2. The molecule has 1 aromatic carbocycles. The van der Waals surface area contributed by atoms with Crippen molar-refractivity contribution in [2.24, 2.45) is 7.05 Å². The summed E-state index contributed by atoms with van der Waals surface area (Å²) < 4.78 is 6.69. The average Bonchev–Trinajstić information content (AvgIpc) is 2.84. The highest BCUT2D eigenvalue weighted by Crippen LogP contribution is 2.23. The third-order valence-corrected chi connectivity index (χ3v) is 3.29. The maximum atomic E-state index is 12.2. The minimum Gasteiger partial charge on any atom is -0.497 e. The fourth-order valence-electron chi connectivity index (χ4n) is 2.02. The molecule has 1 amide bonds. The molecule has 0 aliphatic rings. The smallest absolute Gasteiger partial charge is 0.270 e. The van der Waals surface area contributed by atoms with Crippen molar-refractivity contribution in [1.29, 1.82) is 0 Å². The van der Waals surface area contributed by atoms with E-state index in [0.717, 1.165) is 11.3 Å². The summed E-state index contributed by atoms with van der Waals surface area (Å²) in [7, 11) is 3.37. The maximum Gasteiger partial charge on any atom is 0.270 e. The van der Waals surface area contributed by atoms with Crippen molar-refractivity contribution in [2.45, 2.75) is 19.4 Å². The molecule has 0 atom stereocenters. The molecule has 5 nitrogen and oxygen atoms in total. The molecule has 0 radical (unpaired) electrons. The zero-order chi connectivity index (χ0) is 14.8. The van der Waals surface area contributed by atoms with Crippen LogP contribution in [0.4, 0.5) is 0 Å². The number of amides is 1. The Bertz CT molecular complexity index is 600. The number of aryl methyl sites for hydroxylation is 1. The highest BCUT2D eigenvalue weighted by atomic mass is 16.5. The number of aromatic nitrogens is 2. The van der Waals surface area contributed by atoms with E-state index in [0.29, 0.717) is 5.69 Å². The van der Waals surface area contributed by atoms with Gasteiger partial charge in [-0.25, -0.2) is 0 Å². The minimum atomic E-state index is -0.479. The highest BCUT2D eigenvalue weighted by molar-refractivity contribution is 5.93. The Kier molecular flexibility index (Phi) is 3.79. The lowest BCUT2D eigenvalue weighted by Gasteiger charge is -2.27. The van der Waals surface area contributed by atoms with Crippen LogP contribution in [0.3, 0.4) is 0 Å². The van der Waals surface area contributed by atoms with Gasteiger partial charge in [0.1, 0.15) is 11.4 Å². The topological polar surface area (TPSA) is 56.1 Å². The first-order valence-corrected chi connectivity index (χ1v) is 6.39. The van der Waals surface area contributed by atoms with Crippen LogP contribution < -0.4 is 10.1 Å². The molecule has 0 bridgehead atoms. The average molecular weight is 273 g/mol. The minimum absolute atomic E-state index is 0.147. The van der Waals surface area contributed by atoms with Gasteiger partial charge < -0.3 is 10.1 Å². The quantitative estimate of drug-likeness (QED) is 0.928. The van der Waals surface area contributed by atoms with E-state index in [4.69, 9.17) is 4.74 Å². The summed E-state index contributed by atoms with van der Waals surface area (Å²) in [6, 6.07) is 9.35.